The highest BCUT2D eigenvalue weighted by molar-refractivity contribution is 6.09. The lowest BCUT2D eigenvalue weighted by atomic mass is 9.68. The molecule has 0 saturated heterocycles. The molecule has 3 nitrogen and oxygen atoms in total. The molecule has 2 aliphatic rings. The summed E-state index contributed by atoms with van der Waals surface area (Å²) < 4.78 is 0. The number of hydrogen-bond acceptors (Lipinski definition) is 2. The minimum absolute atomic E-state index is 0.0151. The number of rotatable bonds is 3. The molecule has 2 aliphatic carbocycles. The summed E-state index contributed by atoms with van der Waals surface area (Å²) in [7, 11) is 1.82. The van der Waals surface area contributed by atoms with Crippen LogP contribution in [0, 0.1) is 16.7 Å². The molecule has 21 heavy (non-hydrogen) atoms. The maximum Gasteiger partial charge on any atom is 0.236 e. The van der Waals surface area contributed by atoms with Crippen molar-refractivity contribution in [2.45, 2.75) is 39.7 Å². The van der Waals surface area contributed by atoms with E-state index in [0.717, 1.165) is 18.4 Å². The summed E-state index contributed by atoms with van der Waals surface area (Å²) in [6, 6.07) is 9.95. The smallest absolute Gasteiger partial charge is 0.236 e. The topological polar surface area (TPSA) is 37.4 Å². The van der Waals surface area contributed by atoms with Gasteiger partial charge >= 0.3 is 0 Å². The van der Waals surface area contributed by atoms with Crippen LogP contribution in [0.1, 0.15) is 38.7 Å². The summed E-state index contributed by atoms with van der Waals surface area (Å²) in [4.78, 5) is 27.3. The molecule has 2 unspecified atom stereocenters. The van der Waals surface area contributed by atoms with Crippen molar-refractivity contribution >= 4 is 11.7 Å². The van der Waals surface area contributed by atoms with Gasteiger partial charge in [-0.1, -0.05) is 44.2 Å². The summed E-state index contributed by atoms with van der Waals surface area (Å²) in [6.07, 6.45) is 2.31. The van der Waals surface area contributed by atoms with E-state index < -0.39 is 5.41 Å². The van der Waals surface area contributed by atoms with E-state index in [1.807, 2.05) is 37.4 Å². The van der Waals surface area contributed by atoms with E-state index in [2.05, 4.69) is 13.8 Å². The minimum Gasteiger partial charge on any atom is -0.341 e. The number of Topliss-reactive ketones (excluding diaryl/α,β-unsaturated/α-hetero) is 1. The van der Waals surface area contributed by atoms with Gasteiger partial charge in [-0.05, 0) is 29.7 Å². The molecule has 0 aromatic heterocycles. The van der Waals surface area contributed by atoms with Gasteiger partial charge in [-0.15, -0.1) is 0 Å². The Morgan fingerprint density at radius 1 is 1.29 bits per heavy atom. The monoisotopic (exact) mass is 285 g/mol. The molecule has 1 aromatic carbocycles. The summed E-state index contributed by atoms with van der Waals surface area (Å²) in [6.45, 7) is 4.77. The van der Waals surface area contributed by atoms with Crippen LogP contribution in [0.3, 0.4) is 0 Å². The first kappa shape index (κ1) is 14.3. The lowest BCUT2D eigenvalue weighted by molar-refractivity contribution is -0.152. The molecule has 0 aliphatic heterocycles. The number of carbonyl (C=O) groups is 2. The molecule has 2 bridgehead atoms. The maximum absolute atomic E-state index is 13.1. The summed E-state index contributed by atoms with van der Waals surface area (Å²) in [5, 5.41) is 0. The fourth-order valence-corrected chi connectivity index (χ4v) is 4.43. The number of hydrogen-bond donors (Lipinski definition) is 0. The highest BCUT2D eigenvalue weighted by Gasteiger charge is 2.68. The van der Waals surface area contributed by atoms with Gasteiger partial charge in [0.15, 0.2) is 0 Å². The molecule has 0 radical (unpaired) electrons. The van der Waals surface area contributed by atoms with Crippen molar-refractivity contribution < 1.29 is 9.59 Å². The van der Waals surface area contributed by atoms with Crippen LogP contribution in [0.15, 0.2) is 30.3 Å². The second-order valence-corrected chi connectivity index (χ2v) is 7.14. The van der Waals surface area contributed by atoms with Crippen LogP contribution >= 0.6 is 0 Å². The number of ketones is 1. The lowest BCUT2D eigenvalue weighted by Gasteiger charge is -2.38. The Balaban J connectivity index is 1.86. The van der Waals surface area contributed by atoms with E-state index in [1.54, 1.807) is 4.90 Å². The van der Waals surface area contributed by atoms with Crippen molar-refractivity contribution in [3.8, 4) is 0 Å². The predicted octanol–water partition coefficient (Wildman–Crippen LogP) is 3.04. The van der Waals surface area contributed by atoms with Crippen LogP contribution < -0.4 is 0 Å². The number of fused-ring (bicyclic) bond motifs is 2. The van der Waals surface area contributed by atoms with Crippen LogP contribution in [0.2, 0.25) is 0 Å². The molecule has 2 atom stereocenters. The van der Waals surface area contributed by atoms with Crippen LogP contribution in [0.5, 0.6) is 0 Å². The van der Waals surface area contributed by atoms with Crippen molar-refractivity contribution in [1.29, 1.82) is 0 Å². The molecule has 0 heterocycles. The zero-order valence-corrected chi connectivity index (χ0v) is 13.1. The van der Waals surface area contributed by atoms with Crippen molar-refractivity contribution in [1.82, 2.24) is 4.90 Å². The molecule has 3 heteroatoms. The molecule has 2 saturated carbocycles. The van der Waals surface area contributed by atoms with Crippen LogP contribution in [0.4, 0.5) is 0 Å². The van der Waals surface area contributed by atoms with Crippen molar-refractivity contribution in [2.75, 3.05) is 7.05 Å². The van der Waals surface area contributed by atoms with Gasteiger partial charge in [-0.3, -0.25) is 9.59 Å². The maximum atomic E-state index is 13.1. The van der Waals surface area contributed by atoms with Gasteiger partial charge < -0.3 is 4.90 Å². The zero-order chi connectivity index (χ0) is 15.3. The number of nitrogens with zero attached hydrogens (tertiary/aromatic N) is 1. The Morgan fingerprint density at radius 3 is 2.48 bits per heavy atom. The first-order valence-electron chi connectivity index (χ1n) is 7.72. The average molecular weight is 285 g/mol. The highest BCUT2D eigenvalue weighted by atomic mass is 16.2. The SMILES string of the molecule is CN(Cc1ccccc1)C(=O)C12CCC(CC1=O)C2(C)C. The van der Waals surface area contributed by atoms with Crippen molar-refractivity contribution in [3.63, 3.8) is 0 Å². The van der Waals surface area contributed by atoms with Crippen LogP contribution in [-0.4, -0.2) is 23.6 Å². The fraction of sp³-hybridized carbons (Fsp3) is 0.556. The van der Waals surface area contributed by atoms with E-state index >= 15 is 0 Å². The first-order valence-corrected chi connectivity index (χ1v) is 7.72. The Labute approximate surface area is 126 Å². The average Bonchev–Trinajstić information content (AvgIpc) is 2.82. The third-order valence-electron chi connectivity index (χ3n) is 5.87. The number of benzene rings is 1. The number of carbonyl (C=O) groups excluding carboxylic acids is 2. The van der Waals surface area contributed by atoms with Gasteiger partial charge in [-0.2, -0.15) is 0 Å². The predicted molar refractivity (Wildman–Crippen MR) is 81.5 cm³/mol. The molecule has 1 aromatic rings. The third-order valence-corrected chi connectivity index (χ3v) is 5.87. The first-order chi connectivity index (χ1) is 9.89. The second-order valence-electron chi connectivity index (χ2n) is 7.14. The van der Waals surface area contributed by atoms with Crippen LogP contribution in [-0.2, 0) is 16.1 Å². The zero-order valence-electron chi connectivity index (χ0n) is 13.1. The van der Waals surface area contributed by atoms with Gasteiger partial charge in [-0.25, -0.2) is 0 Å². The van der Waals surface area contributed by atoms with Gasteiger partial charge in [0.1, 0.15) is 11.2 Å². The van der Waals surface area contributed by atoms with Gasteiger partial charge in [0.05, 0.1) is 0 Å². The molecule has 1 amide bonds. The Morgan fingerprint density at radius 2 is 1.95 bits per heavy atom. The normalized spacial score (nSPS) is 29.7. The van der Waals surface area contributed by atoms with E-state index in [0.29, 0.717) is 18.9 Å². The van der Waals surface area contributed by atoms with E-state index in [9.17, 15) is 9.59 Å². The molecule has 0 N–H and O–H groups in total. The van der Waals surface area contributed by atoms with Crippen molar-refractivity contribution in [2.24, 2.45) is 16.7 Å². The quantitative estimate of drug-likeness (QED) is 0.801. The minimum atomic E-state index is -0.777. The van der Waals surface area contributed by atoms with E-state index in [1.165, 1.54) is 0 Å². The highest BCUT2D eigenvalue weighted by Crippen LogP contribution is 2.64. The largest absolute Gasteiger partial charge is 0.341 e. The molecule has 3 rings (SSSR count). The Kier molecular flexibility index (Phi) is 3.19. The molecule has 0 spiro atoms. The molecular weight excluding hydrogens is 262 g/mol. The van der Waals surface area contributed by atoms with Crippen LogP contribution in [0.25, 0.3) is 0 Å². The Bertz CT molecular complexity index is 578. The van der Waals surface area contributed by atoms with Crippen molar-refractivity contribution in [3.05, 3.63) is 35.9 Å². The standard InChI is InChI=1S/C18H23NO2/c1-17(2)14-9-10-18(17,15(20)11-14)16(21)19(3)12-13-7-5-4-6-8-13/h4-8,14H,9-12H2,1-3H3. The van der Waals surface area contributed by atoms with Gasteiger partial charge in [0.2, 0.25) is 5.91 Å². The molecule has 2 fully saturated rings. The summed E-state index contributed by atoms with van der Waals surface area (Å²) in [5.41, 5.74) is 0.121. The third kappa shape index (κ3) is 1.86. The lowest BCUT2D eigenvalue weighted by Crippen LogP contribution is -2.50. The summed E-state index contributed by atoms with van der Waals surface area (Å²) in [5.74, 6) is 0.550. The second kappa shape index (κ2) is 4.69. The number of amides is 1. The van der Waals surface area contributed by atoms with E-state index in [-0.39, 0.29) is 17.1 Å². The summed E-state index contributed by atoms with van der Waals surface area (Å²) >= 11 is 0. The Hall–Kier alpha value is -1.64. The molecular formula is C18H23NO2. The van der Waals surface area contributed by atoms with E-state index in [4.69, 9.17) is 0 Å². The molecule has 112 valence electrons. The fourth-order valence-electron chi connectivity index (χ4n) is 4.43. The van der Waals surface area contributed by atoms with Gasteiger partial charge in [0.25, 0.3) is 0 Å². The van der Waals surface area contributed by atoms with Gasteiger partial charge in [0, 0.05) is 20.0 Å².